The van der Waals surface area contributed by atoms with Crippen LogP contribution in [0.2, 0.25) is 0 Å². The summed E-state index contributed by atoms with van der Waals surface area (Å²) >= 11 is 0. The molecule has 13 nitrogen and oxygen atoms in total. The quantitative estimate of drug-likeness (QED) is 0.183. The highest BCUT2D eigenvalue weighted by Gasteiger charge is 2.48. The van der Waals surface area contributed by atoms with Crippen molar-refractivity contribution in [2.45, 2.75) is 80.0 Å². The van der Waals surface area contributed by atoms with Crippen LogP contribution in [0.4, 0.5) is 0 Å². The van der Waals surface area contributed by atoms with Crippen LogP contribution < -0.4 is 22.5 Å². The maximum absolute atomic E-state index is 11.9. The van der Waals surface area contributed by atoms with Gasteiger partial charge in [-0.2, -0.15) is 0 Å². The van der Waals surface area contributed by atoms with E-state index in [9.17, 15) is 35.4 Å². The van der Waals surface area contributed by atoms with Crippen molar-refractivity contribution in [2.24, 2.45) is 17.2 Å². The van der Waals surface area contributed by atoms with Gasteiger partial charge in [-0.05, 0) is 19.4 Å². The van der Waals surface area contributed by atoms with Gasteiger partial charge < -0.3 is 62.6 Å². The van der Waals surface area contributed by atoms with E-state index < -0.39 is 79.7 Å². The average Bonchev–Trinajstić information content (AvgIpc) is 2.69. The summed E-state index contributed by atoms with van der Waals surface area (Å²) in [6, 6.07) is -3.02. The summed E-state index contributed by atoms with van der Waals surface area (Å²) in [6.07, 6.45) is -10.9. The Hall–Kier alpha value is -0.970. The predicted octanol–water partition coefficient (Wildman–Crippen LogP) is -6.21. The molecule has 0 aromatic heterocycles. The van der Waals surface area contributed by atoms with Gasteiger partial charge in [-0.1, -0.05) is 0 Å². The standard InChI is InChI=1S/C16H32N4O9/c17-2-1-7(22)15(27)20-6-3-5(18)14(13(26)10(6)23)29-16-9(19)12(25)11(24)8(4-21)28-16/h5-14,16,21-26H,1-4,17-19H2,(H,20,27)/t5-,6+,7-,8+,9+,10-,11+,12+,13+,14+,16-/m0/s1. The van der Waals surface area contributed by atoms with E-state index in [0.717, 1.165) is 0 Å². The van der Waals surface area contributed by atoms with Gasteiger partial charge in [0.05, 0.1) is 18.7 Å². The van der Waals surface area contributed by atoms with E-state index in [-0.39, 0.29) is 19.4 Å². The van der Waals surface area contributed by atoms with E-state index in [1.807, 2.05) is 0 Å². The molecule has 11 atom stereocenters. The molecule has 1 aliphatic carbocycles. The van der Waals surface area contributed by atoms with Crippen LogP contribution >= 0.6 is 0 Å². The molecule has 2 aliphatic rings. The maximum atomic E-state index is 11.9. The molecule has 0 radical (unpaired) electrons. The third-order valence-corrected chi connectivity index (χ3v) is 5.34. The Bertz CT molecular complexity index is 543. The van der Waals surface area contributed by atoms with E-state index in [4.69, 9.17) is 26.7 Å². The molecule has 1 heterocycles. The highest BCUT2D eigenvalue weighted by Crippen LogP contribution is 2.27. The van der Waals surface area contributed by atoms with Gasteiger partial charge in [0.2, 0.25) is 5.91 Å². The minimum Gasteiger partial charge on any atom is -0.394 e. The van der Waals surface area contributed by atoms with E-state index >= 15 is 0 Å². The third kappa shape index (κ3) is 5.39. The molecule has 13 N–H and O–H groups in total. The second-order valence-electron chi connectivity index (χ2n) is 7.47. The molecule has 0 spiro atoms. The predicted molar refractivity (Wildman–Crippen MR) is 96.8 cm³/mol. The molecule has 2 rings (SSSR count). The molecular weight excluding hydrogens is 392 g/mol. The van der Waals surface area contributed by atoms with E-state index in [2.05, 4.69) is 5.32 Å². The van der Waals surface area contributed by atoms with Crippen LogP contribution in [0, 0.1) is 0 Å². The van der Waals surface area contributed by atoms with Crippen LogP contribution in [0.25, 0.3) is 0 Å². The number of carbonyl (C=O) groups is 1. The zero-order valence-corrected chi connectivity index (χ0v) is 15.8. The molecule has 2 fully saturated rings. The lowest BCUT2D eigenvalue weighted by molar-refractivity contribution is -0.294. The Morgan fingerprint density at radius 2 is 1.79 bits per heavy atom. The zero-order chi connectivity index (χ0) is 21.9. The van der Waals surface area contributed by atoms with Crippen LogP contribution in [0.3, 0.4) is 0 Å². The van der Waals surface area contributed by atoms with Gasteiger partial charge in [-0.3, -0.25) is 4.79 Å². The van der Waals surface area contributed by atoms with Gasteiger partial charge in [-0.25, -0.2) is 0 Å². The topological polar surface area (TPSA) is 247 Å². The number of nitrogens with one attached hydrogen (secondary N) is 1. The van der Waals surface area contributed by atoms with Crippen LogP contribution in [0.1, 0.15) is 12.8 Å². The first-order valence-electron chi connectivity index (χ1n) is 9.46. The number of hydrogen-bond acceptors (Lipinski definition) is 12. The Morgan fingerprint density at radius 3 is 2.38 bits per heavy atom. The summed E-state index contributed by atoms with van der Waals surface area (Å²) in [6.45, 7) is -0.511. The van der Waals surface area contributed by atoms with Crippen LogP contribution in [0.15, 0.2) is 0 Å². The monoisotopic (exact) mass is 424 g/mol. The zero-order valence-electron chi connectivity index (χ0n) is 15.8. The second-order valence-corrected chi connectivity index (χ2v) is 7.47. The first kappa shape index (κ1) is 24.3. The van der Waals surface area contributed by atoms with Gasteiger partial charge in [0, 0.05) is 6.04 Å². The normalized spacial score (nSPS) is 44.3. The Kier molecular flexibility index (Phi) is 8.69. The molecule has 0 bridgehead atoms. The maximum Gasteiger partial charge on any atom is 0.249 e. The summed E-state index contributed by atoms with van der Waals surface area (Å²) in [4.78, 5) is 11.9. The molecule has 29 heavy (non-hydrogen) atoms. The van der Waals surface area contributed by atoms with E-state index in [1.165, 1.54) is 0 Å². The number of nitrogens with two attached hydrogens (primary N) is 3. The summed E-state index contributed by atoms with van der Waals surface area (Å²) in [5, 5.41) is 62.0. The minimum absolute atomic E-state index is 0.000539. The van der Waals surface area contributed by atoms with E-state index in [0.29, 0.717) is 0 Å². The fourth-order valence-corrected chi connectivity index (χ4v) is 3.53. The van der Waals surface area contributed by atoms with Crippen molar-refractivity contribution in [3.05, 3.63) is 0 Å². The fourth-order valence-electron chi connectivity index (χ4n) is 3.53. The summed E-state index contributed by atoms with van der Waals surface area (Å²) < 4.78 is 10.9. The number of hydrogen-bond donors (Lipinski definition) is 10. The van der Waals surface area contributed by atoms with Crippen molar-refractivity contribution >= 4 is 5.91 Å². The molecule has 0 aromatic rings. The van der Waals surface area contributed by atoms with Crippen molar-refractivity contribution in [2.75, 3.05) is 13.2 Å². The molecule has 1 amide bonds. The van der Waals surface area contributed by atoms with Crippen LogP contribution in [-0.2, 0) is 14.3 Å². The summed E-state index contributed by atoms with van der Waals surface area (Å²) in [7, 11) is 0. The lowest BCUT2D eigenvalue weighted by atomic mass is 9.84. The fraction of sp³-hybridized carbons (Fsp3) is 0.938. The van der Waals surface area contributed by atoms with Gasteiger partial charge >= 0.3 is 0 Å². The Morgan fingerprint density at radius 1 is 1.14 bits per heavy atom. The SMILES string of the molecule is NCC[C@H](O)C(=O)N[C@@H]1C[C@H](N)[C@@H](O[C@@H]2O[C@H](CO)[C@@H](O)[C@H](O)[C@H]2N)[C@H](O)[C@H]1O. The molecular formula is C16H32N4O9. The largest absolute Gasteiger partial charge is 0.394 e. The minimum atomic E-state index is -1.55. The first-order chi connectivity index (χ1) is 13.6. The highest BCUT2D eigenvalue weighted by molar-refractivity contribution is 5.80. The number of ether oxygens (including phenoxy) is 2. The van der Waals surface area contributed by atoms with Gasteiger partial charge in [0.25, 0.3) is 0 Å². The molecule has 0 unspecified atom stereocenters. The third-order valence-electron chi connectivity index (χ3n) is 5.34. The summed E-state index contributed by atoms with van der Waals surface area (Å²) in [5.41, 5.74) is 17.1. The lowest BCUT2D eigenvalue weighted by Crippen LogP contribution is -2.68. The molecule has 0 aromatic carbocycles. The second kappa shape index (κ2) is 10.4. The summed E-state index contributed by atoms with van der Waals surface area (Å²) in [5.74, 6) is -0.751. The first-order valence-corrected chi connectivity index (χ1v) is 9.46. The van der Waals surface area contributed by atoms with Crippen molar-refractivity contribution in [1.82, 2.24) is 5.32 Å². The van der Waals surface area contributed by atoms with Crippen molar-refractivity contribution in [3.8, 4) is 0 Å². The Balaban J connectivity index is 2.02. The van der Waals surface area contributed by atoms with Crippen molar-refractivity contribution in [1.29, 1.82) is 0 Å². The van der Waals surface area contributed by atoms with Crippen LogP contribution in [-0.4, -0.2) is 117 Å². The number of carbonyl (C=O) groups excluding carboxylic acids is 1. The average molecular weight is 424 g/mol. The van der Waals surface area contributed by atoms with E-state index in [1.54, 1.807) is 0 Å². The number of aliphatic hydroxyl groups is 6. The number of rotatable bonds is 7. The Labute approximate surface area is 167 Å². The van der Waals surface area contributed by atoms with Crippen molar-refractivity contribution in [3.63, 3.8) is 0 Å². The molecule has 1 saturated heterocycles. The number of aliphatic hydroxyl groups excluding tert-OH is 6. The molecule has 1 aliphatic heterocycles. The molecule has 170 valence electrons. The van der Waals surface area contributed by atoms with Gasteiger partial charge in [-0.15, -0.1) is 0 Å². The number of amides is 1. The molecule has 13 heteroatoms. The molecule has 1 saturated carbocycles. The van der Waals surface area contributed by atoms with Gasteiger partial charge in [0.15, 0.2) is 6.29 Å². The van der Waals surface area contributed by atoms with Crippen molar-refractivity contribution < 1.29 is 44.9 Å². The van der Waals surface area contributed by atoms with Crippen LogP contribution in [0.5, 0.6) is 0 Å². The van der Waals surface area contributed by atoms with Gasteiger partial charge in [0.1, 0.15) is 42.7 Å². The highest BCUT2D eigenvalue weighted by atomic mass is 16.7. The lowest BCUT2D eigenvalue weighted by Gasteiger charge is -2.46. The smallest absolute Gasteiger partial charge is 0.249 e.